The van der Waals surface area contributed by atoms with Crippen molar-refractivity contribution >= 4 is 23.6 Å². The van der Waals surface area contributed by atoms with Gasteiger partial charge in [0.05, 0.1) is 6.10 Å². The van der Waals surface area contributed by atoms with Crippen molar-refractivity contribution in [2.24, 2.45) is 0 Å². The number of hydrogen-bond donors (Lipinski definition) is 0. The number of halogens is 1. The van der Waals surface area contributed by atoms with Crippen molar-refractivity contribution < 1.29 is 14.3 Å². The van der Waals surface area contributed by atoms with Gasteiger partial charge in [-0.05, 0) is 37.0 Å². The third-order valence-electron chi connectivity index (χ3n) is 3.37. The van der Waals surface area contributed by atoms with Gasteiger partial charge in [0.2, 0.25) is 0 Å². The molecule has 1 saturated carbocycles. The van der Waals surface area contributed by atoms with E-state index in [1.807, 2.05) is 0 Å². The molecular weight excluding hydrogens is 278 g/mol. The van der Waals surface area contributed by atoms with Gasteiger partial charge >= 0.3 is 5.97 Å². The molecule has 2 atom stereocenters. The lowest BCUT2D eigenvalue weighted by Crippen LogP contribution is -2.35. The maximum absolute atomic E-state index is 11.8. The summed E-state index contributed by atoms with van der Waals surface area (Å²) < 4.78 is 10.8. The van der Waals surface area contributed by atoms with E-state index in [4.69, 9.17) is 21.1 Å². The van der Waals surface area contributed by atoms with Crippen molar-refractivity contribution in [3.05, 3.63) is 35.1 Å². The zero-order chi connectivity index (χ0) is 14.4. The van der Waals surface area contributed by atoms with Crippen LogP contribution in [0.3, 0.4) is 0 Å². The average molecular weight is 296 g/mol. The summed E-state index contributed by atoms with van der Waals surface area (Å²) in [5.74, 6) is -0.353. The summed E-state index contributed by atoms with van der Waals surface area (Å²) in [4.78, 5) is 15.7. The van der Waals surface area contributed by atoms with Crippen molar-refractivity contribution in [1.82, 2.24) is 4.98 Å². The Labute approximate surface area is 123 Å². The van der Waals surface area contributed by atoms with E-state index in [9.17, 15) is 4.79 Å². The topological polar surface area (TPSA) is 48.4 Å². The fourth-order valence-corrected chi connectivity index (χ4v) is 2.42. The molecule has 4 nitrogen and oxygen atoms in total. The van der Waals surface area contributed by atoms with Crippen LogP contribution >= 0.6 is 11.6 Å². The highest BCUT2D eigenvalue weighted by atomic mass is 35.5. The standard InChI is InChI=1S/C15H18ClNO3/c1-19-12-4-2-3-5-13(12)20-15(18)9-7-11-6-8-14(16)17-10-11/h6-10,12-13H,2-5H2,1H3/b9-7+. The van der Waals surface area contributed by atoms with E-state index >= 15 is 0 Å². The number of methoxy groups -OCH3 is 1. The predicted molar refractivity (Wildman–Crippen MR) is 77.4 cm³/mol. The number of carbonyl (C=O) groups excluding carboxylic acids is 1. The largest absolute Gasteiger partial charge is 0.456 e. The second kappa shape index (κ2) is 7.41. The monoisotopic (exact) mass is 295 g/mol. The van der Waals surface area contributed by atoms with Crippen LogP contribution in [0, 0.1) is 0 Å². The third-order valence-corrected chi connectivity index (χ3v) is 3.60. The number of nitrogens with zero attached hydrogens (tertiary/aromatic N) is 1. The van der Waals surface area contributed by atoms with Crippen LogP contribution in [-0.4, -0.2) is 30.3 Å². The Kier molecular flexibility index (Phi) is 5.56. The van der Waals surface area contributed by atoms with Gasteiger partial charge in [0.1, 0.15) is 11.3 Å². The molecule has 0 aromatic carbocycles. The highest BCUT2D eigenvalue weighted by molar-refractivity contribution is 6.29. The molecule has 2 unspecified atom stereocenters. The lowest BCUT2D eigenvalue weighted by atomic mass is 9.94. The van der Waals surface area contributed by atoms with Gasteiger partial charge in [0.25, 0.3) is 0 Å². The summed E-state index contributed by atoms with van der Waals surface area (Å²) in [7, 11) is 1.66. The highest BCUT2D eigenvalue weighted by Gasteiger charge is 2.27. The highest BCUT2D eigenvalue weighted by Crippen LogP contribution is 2.23. The summed E-state index contributed by atoms with van der Waals surface area (Å²) in [5.41, 5.74) is 0.804. The molecule has 1 heterocycles. The van der Waals surface area contributed by atoms with Gasteiger partial charge in [-0.25, -0.2) is 9.78 Å². The molecule has 108 valence electrons. The summed E-state index contributed by atoms with van der Waals surface area (Å²) in [6.45, 7) is 0. The number of hydrogen-bond acceptors (Lipinski definition) is 4. The lowest BCUT2D eigenvalue weighted by Gasteiger charge is -2.29. The summed E-state index contributed by atoms with van der Waals surface area (Å²) >= 11 is 5.69. The molecule has 1 aromatic rings. The lowest BCUT2D eigenvalue weighted by molar-refractivity contribution is -0.153. The van der Waals surface area contributed by atoms with E-state index in [0.29, 0.717) is 5.15 Å². The van der Waals surface area contributed by atoms with Crippen molar-refractivity contribution in [3.63, 3.8) is 0 Å². The predicted octanol–water partition coefficient (Wildman–Crippen LogP) is 3.25. The van der Waals surface area contributed by atoms with E-state index in [0.717, 1.165) is 31.2 Å². The van der Waals surface area contributed by atoms with Gasteiger partial charge in [-0.2, -0.15) is 0 Å². The van der Waals surface area contributed by atoms with Crippen LogP contribution in [0.2, 0.25) is 5.15 Å². The van der Waals surface area contributed by atoms with Crippen LogP contribution in [0.25, 0.3) is 6.08 Å². The van der Waals surface area contributed by atoms with Crippen LogP contribution in [-0.2, 0) is 14.3 Å². The van der Waals surface area contributed by atoms with E-state index in [2.05, 4.69) is 4.98 Å². The maximum Gasteiger partial charge on any atom is 0.331 e. The SMILES string of the molecule is COC1CCCCC1OC(=O)/C=C/c1ccc(Cl)nc1. The zero-order valence-electron chi connectivity index (χ0n) is 11.4. The van der Waals surface area contributed by atoms with E-state index in [1.54, 1.807) is 31.5 Å². The number of rotatable bonds is 4. The van der Waals surface area contributed by atoms with Gasteiger partial charge in [-0.1, -0.05) is 24.1 Å². The first-order valence-corrected chi connectivity index (χ1v) is 7.10. The average Bonchev–Trinajstić information content (AvgIpc) is 2.47. The molecule has 0 aliphatic heterocycles. The second-order valence-corrected chi connectivity index (χ2v) is 5.17. The Morgan fingerprint density at radius 3 is 2.75 bits per heavy atom. The maximum atomic E-state index is 11.8. The first kappa shape index (κ1) is 15.0. The number of pyridine rings is 1. The van der Waals surface area contributed by atoms with Crippen molar-refractivity contribution in [2.75, 3.05) is 7.11 Å². The minimum atomic E-state index is -0.353. The summed E-state index contributed by atoms with van der Waals surface area (Å²) in [6, 6.07) is 3.46. The second-order valence-electron chi connectivity index (χ2n) is 4.78. The van der Waals surface area contributed by atoms with Crippen molar-refractivity contribution in [3.8, 4) is 0 Å². The normalized spacial score (nSPS) is 22.9. The van der Waals surface area contributed by atoms with Crippen LogP contribution in [0.1, 0.15) is 31.2 Å². The Hall–Kier alpha value is -1.39. The Balaban J connectivity index is 1.89. The van der Waals surface area contributed by atoms with Crippen LogP contribution in [0.4, 0.5) is 0 Å². The molecule has 0 N–H and O–H groups in total. The smallest absolute Gasteiger partial charge is 0.331 e. The molecule has 20 heavy (non-hydrogen) atoms. The van der Waals surface area contributed by atoms with E-state index in [1.165, 1.54) is 6.08 Å². The number of ether oxygens (including phenoxy) is 2. The molecule has 0 radical (unpaired) electrons. The Bertz CT molecular complexity index is 473. The molecule has 5 heteroatoms. The molecule has 0 saturated heterocycles. The molecule has 1 aliphatic rings. The van der Waals surface area contributed by atoms with Crippen LogP contribution in [0.5, 0.6) is 0 Å². The molecule has 1 aromatic heterocycles. The number of aromatic nitrogens is 1. The molecule has 0 bridgehead atoms. The quantitative estimate of drug-likeness (QED) is 0.486. The van der Waals surface area contributed by atoms with Crippen molar-refractivity contribution in [1.29, 1.82) is 0 Å². The van der Waals surface area contributed by atoms with Gasteiger partial charge < -0.3 is 9.47 Å². The molecule has 1 fully saturated rings. The molecule has 2 rings (SSSR count). The van der Waals surface area contributed by atoms with Gasteiger partial charge in [-0.3, -0.25) is 0 Å². The fourth-order valence-electron chi connectivity index (χ4n) is 2.31. The minimum Gasteiger partial charge on any atom is -0.456 e. The number of esters is 1. The zero-order valence-corrected chi connectivity index (χ0v) is 12.2. The van der Waals surface area contributed by atoms with E-state index < -0.39 is 0 Å². The molecular formula is C15H18ClNO3. The van der Waals surface area contributed by atoms with Crippen LogP contribution < -0.4 is 0 Å². The van der Waals surface area contributed by atoms with Crippen LogP contribution in [0.15, 0.2) is 24.4 Å². The number of carbonyl (C=O) groups is 1. The summed E-state index contributed by atoms with van der Waals surface area (Å²) in [5, 5.41) is 0.426. The Morgan fingerprint density at radius 2 is 2.10 bits per heavy atom. The fraction of sp³-hybridized carbons (Fsp3) is 0.467. The molecule has 1 aliphatic carbocycles. The third kappa shape index (κ3) is 4.32. The van der Waals surface area contributed by atoms with E-state index in [-0.39, 0.29) is 18.2 Å². The Morgan fingerprint density at radius 1 is 1.35 bits per heavy atom. The van der Waals surface area contributed by atoms with Gasteiger partial charge in [-0.15, -0.1) is 0 Å². The molecule has 0 spiro atoms. The van der Waals surface area contributed by atoms with Gasteiger partial charge in [0.15, 0.2) is 0 Å². The first-order valence-electron chi connectivity index (χ1n) is 6.72. The summed E-state index contributed by atoms with van der Waals surface area (Å²) in [6.07, 6.45) is 8.54. The molecule has 0 amide bonds. The first-order chi connectivity index (χ1) is 9.69. The van der Waals surface area contributed by atoms with Crippen molar-refractivity contribution in [2.45, 2.75) is 37.9 Å². The van der Waals surface area contributed by atoms with Gasteiger partial charge in [0, 0.05) is 19.4 Å². The minimum absolute atomic E-state index is 0.0123.